The highest BCUT2D eigenvalue weighted by atomic mass is 16.6. The number of carbonyl (C=O) groups excluding carboxylic acids is 2. The van der Waals surface area contributed by atoms with Gasteiger partial charge >= 0.3 is 5.97 Å². The number of anilines is 1. The van der Waals surface area contributed by atoms with Crippen LogP contribution < -0.4 is 14.8 Å². The molecule has 1 amide bonds. The molecule has 0 fully saturated rings. The predicted molar refractivity (Wildman–Crippen MR) is 130 cm³/mol. The third-order valence-corrected chi connectivity index (χ3v) is 5.04. The lowest BCUT2D eigenvalue weighted by Crippen LogP contribution is -2.07. The number of cyclic esters (lactones) is 1. The summed E-state index contributed by atoms with van der Waals surface area (Å²) >= 11 is 0. The molecule has 0 atom stereocenters. The van der Waals surface area contributed by atoms with E-state index in [4.69, 9.17) is 14.2 Å². The number of rotatable bonds is 7. The van der Waals surface area contributed by atoms with Gasteiger partial charge in [-0.15, -0.1) is 0 Å². The first kappa shape index (κ1) is 22.8. The van der Waals surface area contributed by atoms with Gasteiger partial charge < -0.3 is 19.5 Å². The van der Waals surface area contributed by atoms with E-state index in [0.29, 0.717) is 29.4 Å². The van der Waals surface area contributed by atoms with E-state index in [-0.39, 0.29) is 17.5 Å². The second-order valence-electron chi connectivity index (χ2n) is 7.78. The van der Waals surface area contributed by atoms with Crippen LogP contribution >= 0.6 is 0 Å². The average Bonchev–Trinajstić information content (AvgIpc) is 3.18. The zero-order valence-corrected chi connectivity index (χ0v) is 19.1. The van der Waals surface area contributed by atoms with E-state index in [1.54, 1.807) is 49.6 Å². The molecule has 1 aliphatic heterocycles. The molecule has 1 N–H and O–H groups in total. The van der Waals surface area contributed by atoms with Gasteiger partial charge in [0.15, 0.2) is 17.2 Å². The molecule has 0 bridgehead atoms. The van der Waals surface area contributed by atoms with E-state index in [9.17, 15) is 9.59 Å². The van der Waals surface area contributed by atoms with Crippen molar-refractivity contribution in [1.82, 2.24) is 0 Å². The Labute approximate surface area is 197 Å². The molecule has 4 rings (SSSR count). The Balaban J connectivity index is 1.50. The fourth-order valence-electron chi connectivity index (χ4n) is 3.45. The number of aryl methyl sites for hydroxylation is 1. The van der Waals surface area contributed by atoms with E-state index >= 15 is 0 Å². The lowest BCUT2D eigenvalue weighted by atomic mass is 10.1. The van der Waals surface area contributed by atoms with Crippen molar-refractivity contribution in [2.45, 2.75) is 20.5 Å². The van der Waals surface area contributed by atoms with Gasteiger partial charge in [0.25, 0.3) is 0 Å². The molecule has 172 valence electrons. The van der Waals surface area contributed by atoms with Crippen LogP contribution in [0.5, 0.6) is 11.5 Å². The second-order valence-corrected chi connectivity index (χ2v) is 7.78. The lowest BCUT2D eigenvalue weighted by molar-refractivity contribution is -0.129. The summed E-state index contributed by atoms with van der Waals surface area (Å²) in [5, 5.41) is 2.69. The third-order valence-electron chi connectivity index (χ3n) is 5.04. The molecule has 0 saturated carbocycles. The van der Waals surface area contributed by atoms with Crippen molar-refractivity contribution < 1.29 is 23.8 Å². The molecule has 0 radical (unpaired) electrons. The fourth-order valence-corrected chi connectivity index (χ4v) is 3.45. The Hall–Kier alpha value is -4.39. The van der Waals surface area contributed by atoms with Crippen molar-refractivity contribution in [2.24, 2.45) is 4.99 Å². The summed E-state index contributed by atoms with van der Waals surface area (Å²) in [6, 6.07) is 20.4. The number of ether oxygens (including phenoxy) is 3. The number of benzene rings is 3. The van der Waals surface area contributed by atoms with Gasteiger partial charge in [0.2, 0.25) is 11.8 Å². The minimum atomic E-state index is -0.542. The molecular formula is C27H24N2O5. The third kappa shape index (κ3) is 5.50. The lowest BCUT2D eigenvalue weighted by Gasteiger charge is -2.12. The molecule has 3 aromatic rings. The standard InChI is InChI=1S/C27H24N2O5/c1-17-5-4-6-20(13-17)16-33-24-12-7-19(15-25(24)32-3)14-23-27(31)34-26(29-23)21-8-10-22(11-9-21)28-18(2)30/h4-15H,16H2,1-3H3,(H,28,30)/b23-14-. The number of nitrogens with zero attached hydrogens (tertiary/aromatic N) is 1. The summed E-state index contributed by atoms with van der Waals surface area (Å²) in [6.45, 7) is 3.89. The Morgan fingerprint density at radius 3 is 2.56 bits per heavy atom. The first-order chi connectivity index (χ1) is 16.4. The topological polar surface area (TPSA) is 86.2 Å². The van der Waals surface area contributed by atoms with Crippen molar-refractivity contribution in [3.05, 3.63) is 94.7 Å². The number of hydrogen-bond acceptors (Lipinski definition) is 6. The van der Waals surface area contributed by atoms with Gasteiger partial charge in [0.1, 0.15) is 6.61 Å². The smallest absolute Gasteiger partial charge is 0.363 e. The van der Waals surface area contributed by atoms with Crippen molar-refractivity contribution in [3.63, 3.8) is 0 Å². The van der Waals surface area contributed by atoms with Crippen LogP contribution in [0.25, 0.3) is 6.08 Å². The molecular weight excluding hydrogens is 432 g/mol. The molecule has 3 aromatic carbocycles. The zero-order valence-electron chi connectivity index (χ0n) is 19.1. The second kappa shape index (κ2) is 10.0. The SMILES string of the molecule is COc1cc(/C=C2\N=C(c3ccc(NC(C)=O)cc3)OC2=O)ccc1OCc1cccc(C)c1. The Morgan fingerprint density at radius 2 is 1.85 bits per heavy atom. The van der Waals surface area contributed by atoms with Crippen LogP contribution in [-0.2, 0) is 20.9 Å². The summed E-state index contributed by atoms with van der Waals surface area (Å²) in [4.78, 5) is 27.9. The monoisotopic (exact) mass is 456 g/mol. The Kier molecular flexibility index (Phi) is 6.73. The summed E-state index contributed by atoms with van der Waals surface area (Å²) in [5.41, 5.74) is 4.40. The van der Waals surface area contributed by atoms with Gasteiger partial charge in [-0.2, -0.15) is 0 Å². The largest absolute Gasteiger partial charge is 0.493 e. The maximum atomic E-state index is 12.4. The number of hydrogen-bond donors (Lipinski definition) is 1. The van der Waals surface area contributed by atoms with Crippen LogP contribution in [0.1, 0.15) is 29.2 Å². The van der Waals surface area contributed by atoms with Crippen molar-refractivity contribution in [3.8, 4) is 11.5 Å². The van der Waals surface area contributed by atoms with Crippen molar-refractivity contribution in [2.75, 3.05) is 12.4 Å². The number of esters is 1. The Bertz CT molecular complexity index is 1290. The van der Waals surface area contributed by atoms with Crippen LogP contribution in [0.2, 0.25) is 0 Å². The van der Waals surface area contributed by atoms with Crippen LogP contribution in [0.4, 0.5) is 5.69 Å². The highest BCUT2D eigenvalue weighted by Gasteiger charge is 2.24. The molecule has 34 heavy (non-hydrogen) atoms. The maximum absolute atomic E-state index is 12.4. The predicted octanol–water partition coefficient (Wildman–Crippen LogP) is 4.89. The van der Waals surface area contributed by atoms with Gasteiger partial charge in [0.05, 0.1) is 7.11 Å². The van der Waals surface area contributed by atoms with Gasteiger partial charge in [-0.25, -0.2) is 9.79 Å². The quantitative estimate of drug-likeness (QED) is 0.404. The van der Waals surface area contributed by atoms with Crippen LogP contribution in [0.15, 0.2) is 77.4 Å². The van der Waals surface area contributed by atoms with Gasteiger partial charge in [-0.05, 0) is 60.5 Å². The van der Waals surface area contributed by atoms with E-state index in [1.165, 1.54) is 12.5 Å². The van der Waals surface area contributed by atoms with Gasteiger partial charge in [-0.1, -0.05) is 35.9 Å². The molecule has 1 heterocycles. The molecule has 7 nitrogen and oxygen atoms in total. The summed E-state index contributed by atoms with van der Waals surface area (Å²) in [7, 11) is 1.57. The van der Waals surface area contributed by atoms with Crippen molar-refractivity contribution in [1.29, 1.82) is 0 Å². The van der Waals surface area contributed by atoms with E-state index < -0.39 is 5.97 Å². The number of methoxy groups -OCH3 is 1. The molecule has 0 aliphatic carbocycles. The van der Waals surface area contributed by atoms with E-state index in [0.717, 1.165) is 11.1 Å². The molecule has 0 saturated heterocycles. The highest BCUT2D eigenvalue weighted by Crippen LogP contribution is 2.30. The minimum absolute atomic E-state index is 0.162. The van der Waals surface area contributed by atoms with Gasteiger partial charge in [-0.3, -0.25) is 4.79 Å². The maximum Gasteiger partial charge on any atom is 0.363 e. The number of nitrogens with one attached hydrogen (secondary N) is 1. The van der Waals surface area contributed by atoms with Crippen molar-refractivity contribution >= 4 is 29.5 Å². The van der Waals surface area contributed by atoms with Crippen LogP contribution in [0.3, 0.4) is 0 Å². The molecule has 1 aliphatic rings. The number of carbonyl (C=O) groups is 2. The fraction of sp³-hybridized carbons (Fsp3) is 0.148. The minimum Gasteiger partial charge on any atom is -0.493 e. The number of amides is 1. The van der Waals surface area contributed by atoms with Gasteiger partial charge in [0, 0.05) is 18.2 Å². The Morgan fingerprint density at radius 1 is 1.06 bits per heavy atom. The molecule has 0 unspecified atom stereocenters. The van der Waals surface area contributed by atoms with E-state index in [2.05, 4.69) is 16.4 Å². The first-order valence-electron chi connectivity index (χ1n) is 10.7. The van der Waals surface area contributed by atoms with Crippen LogP contribution in [-0.4, -0.2) is 24.9 Å². The molecule has 0 spiro atoms. The first-order valence-corrected chi connectivity index (χ1v) is 10.7. The summed E-state index contributed by atoms with van der Waals surface area (Å²) in [5.74, 6) is 0.648. The summed E-state index contributed by atoms with van der Waals surface area (Å²) in [6.07, 6.45) is 1.63. The van der Waals surface area contributed by atoms with Crippen LogP contribution in [0, 0.1) is 6.92 Å². The molecule has 7 heteroatoms. The highest BCUT2D eigenvalue weighted by molar-refractivity contribution is 6.13. The summed E-state index contributed by atoms with van der Waals surface area (Å²) < 4.78 is 16.7. The normalized spacial score (nSPS) is 13.9. The number of aliphatic imine (C=N–C) groups is 1. The van der Waals surface area contributed by atoms with E-state index in [1.807, 2.05) is 31.2 Å². The average molecular weight is 456 g/mol. The molecule has 0 aromatic heterocycles. The zero-order chi connectivity index (χ0) is 24.1.